The fourth-order valence-corrected chi connectivity index (χ4v) is 4.61. The van der Waals surface area contributed by atoms with Gasteiger partial charge in [0.1, 0.15) is 22.9 Å². The van der Waals surface area contributed by atoms with E-state index in [1.54, 1.807) is 0 Å². The molecule has 0 saturated heterocycles. The highest BCUT2D eigenvalue weighted by Crippen LogP contribution is 2.52. The summed E-state index contributed by atoms with van der Waals surface area (Å²) in [5.74, 6) is -11.0. The summed E-state index contributed by atoms with van der Waals surface area (Å²) >= 11 is 0. The van der Waals surface area contributed by atoms with Crippen LogP contribution in [-0.2, 0) is 20.8 Å². The zero-order valence-electron chi connectivity index (χ0n) is 14.7. The molecule has 1 aromatic rings. The minimum absolute atomic E-state index is 0.125. The number of aliphatic hydroxyl groups is 3. The van der Waals surface area contributed by atoms with Crippen molar-refractivity contribution >= 4 is 23.2 Å². The van der Waals surface area contributed by atoms with Crippen molar-refractivity contribution in [3.05, 3.63) is 45.7 Å². The lowest BCUT2D eigenvalue weighted by Crippen LogP contribution is -2.58. The van der Waals surface area contributed by atoms with Crippen molar-refractivity contribution in [2.45, 2.75) is 24.9 Å². The topological polar surface area (TPSA) is 158 Å². The number of carbonyl (C=O) groups is 3. The van der Waals surface area contributed by atoms with Crippen molar-refractivity contribution in [2.24, 2.45) is 17.6 Å². The number of benzene rings is 1. The van der Waals surface area contributed by atoms with Gasteiger partial charge in [-0.05, 0) is 18.8 Å². The van der Waals surface area contributed by atoms with Gasteiger partial charge in [0.25, 0.3) is 5.91 Å². The number of carbonyl (C=O) groups excluding carboxylic acids is 3. The second-order valence-corrected chi connectivity index (χ2v) is 7.45. The highest BCUT2D eigenvalue weighted by Gasteiger charge is 2.60. The zero-order chi connectivity index (χ0) is 21.4. The van der Waals surface area contributed by atoms with Gasteiger partial charge in [0.2, 0.25) is 5.78 Å². The Balaban J connectivity index is 1.96. The number of phenols is 1. The summed E-state index contributed by atoms with van der Waals surface area (Å²) in [4.78, 5) is 36.8. The van der Waals surface area contributed by atoms with Crippen molar-refractivity contribution in [1.29, 1.82) is 0 Å². The SMILES string of the molecule is NC(=O)C1=C(O)[C@@]2(O)C(=O)C3=C(O)c4c(O)c(F)cc(F)c4C[C@H]3C[C@H]2CC1=O. The third-order valence-corrected chi connectivity index (χ3v) is 5.96. The van der Waals surface area contributed by atoms with E-state index in [4.69, 9.17) is 5.73 Å². The molecule has 0 aromatic heterocycles. The van der Waals surface area contributed by atoms with Crippen molar-refractivity contribution < 1.29 is 43.6 Å². The molecule has 0 unspecified atom stereocenters. The minimum Gasteiger partial charge on any atom is -0.508 e. The van der Waals surface area contributed by atoms with Crippen LogP contribution in [0, 0.1) is 23.5 Å². The van der Waals surface area contributed by atoms with E-state index in [0.29, 0.717) is 6.07 Å². The van der Waals surface area contributed by atoms with Gasteiger partial charge in [0, 0.05) is 29.5 Å². The number of amides is 1. The van der Waals surface area contributed by atoms with E-state index in [1.807, 2.05) is 0 Å². The van der Waals surface area contributed by atoms with Crippen molar-refractivity contribution in [3.63, 3.8) is 0 Å². The van der Waals surface area contributed by atoms with Gasteiger partial charge in [0.15, 0.2) is 23.0 Å². The van der Waals surface area contributed by atoms with Gasteiger partial charge in [-0.2, -0.15) is 0 Å². The number of halogens is 2. The second kappa shape index (κ2) is 5.86. The number of fused-ring (bicyclic) bond motifs is 3. The van der Waals surface area contributed by atoms with Gasteiger partial charge in [0.05, 0.1) is 5.56 Å². The summed E-state index contributed by atoms with van der Waals surface area (Å²) in [5, 5.41) is 41.8. The van der Waals surface area contributed by atoms with Crippen LogP contribution in [0.25, 0.3) is 5.76 Å². The number of hydrogen-bond acceptors (Lipinski definition) is 7. The monoisotopic (exact) mass is 407 g/mol. The number of aliphatic hydroxyl groups excluding tert-OH is 2. The molecule has 0 spiro atoms. The van der Waals surface area contributed by atoms with Gasteiger partial charge >= 0.3 is 0 Å². The van der Waals surface area contributed by atoms with Crippen LogP contribution in [0.2, 0.25) is 0 Å². The van der Waals surface area contributed by atoms with Crippen molar-refractivity contribution in [3.8, 4) is 5.75 Å². The predicted octanol–water partition coefficient (Wildman–Crippen LogP) is 0.702. The minimum atomic E-state index is -2.71. The molecule has 3 atom stereocenters. The number of primary amides is 1. The number of rotatable bonds is 1. The van der Waals surface area contributed by atoms with Crippen LogP contribution in [0.3, 0.4) is 0 Å². The number of ketones is 2. The fourth-order valence-electron chi connectivity index (χ4n) is 4.61. The Bertz CT molecular complexity index is 1090. The average molecular weight is 407 g/mol. The number of hydrogen-bond donors (Lipinski definition) is 5. The largest absolute Gasteiger partial charge is 0.508 e. The summed E-state index contributed by atoms with van der Waals surface area (Å²) in [6.07, 6.45) is -0.812. The van der Waals surface area contributed by atoms with Gasteiger partial charge in [-0.3, -0.25) is 14.4 Å². The van der Waals surface area contributed by atoms with Crippen LogP contribution in [0.1, 0.15) is 24.0 Å². The van der Waals surface area contributed by atoms with Crippen LogP contribution in [0.15, 0.2) is 23.0 Å². The molecule has 29 heavy (non-hydrogen) atoms. The zero-order valence-corrected chi connectivity index (χ0v) is 14.7. The Morgan fingerprint density at radius 3 is 2.41 bits per heavy atom. The molecule has 3 aliphatic rings. The molecule has 0 radical (unpaired) electrons. The fraction of sp³-hybridized carbons (Fsp3) is 0.316. The average Bonchev–Trinajstić information content (AvgIpc) is 2.62. The van der Waals surface area contributed by atoms with Gasteiger partial charge in [-0.1, -0.05) is 0 Å². The van der Waals surface area contributed by atoms with E-state index in [2.05, 4.69) is 0 Å². The molecule has 1 saturated carbocycles. The lowest BCUT2D eigenvalue weighted by molar-refractivity contribution is -0.147. The van der Waals surface area contributed by atoms with Crippen LogP contribution >= 0.6 is 0 Å². The smallest absolute Gasteiger partial charge is 0.255 e. The Labute approximate surface area is 161 Å². The molecule has 0 bridgehead atoms. The predicted molar refractivity (Wildman–Crippen MR) is 91.3 cm³/mol. The molecular weight excluding hydrogens is 392 g/mol. The summed E-state index contributed by atoms with van der Waals surface area (Å²) in [6, 6.07) is 0.450. The lowest BCUT2D eigenvalue weighted by atomic mass is 9.59. The van der Waals surface area contributed by atoms with Crippen molar-refractivity contribution in [1.82, 2.24) is 0 Å². The molecule has 8 nitrogen and oxygen atoms in total. The summed E-state index contributed by atoms with van der Waals surface area (Å²) in [6.45, 7) is 0. The third kappa shape index (κ3) is 2.29. The maximum Gasteiger partial charge on any atom is 0.255 e. The summed E-state index contributed by atoms with van der Waals surface area (Å²) in [7, 11) is 0. The lowest BCUT2D eigenvalue weighted by Gasteiger charge is -2.46. The molecular formula is C19H15F2NO7. The van der Waals surface area contributed by atoms with Crippen LogP contribution in [-0.4, -0.2) is 43.5 Å². The van der Waals surface area contributed by atoms with E-state index in [-0.39, 0.29) is 18.4 Å². The van der Waals surface area contributed by atoms with Crippen molar-refractivity contribution in [2.75, 3.05) is 0 Å². The first kappa shape index (κ1) is 19.1. The standard InChI is InChI=1S/C19H15F2NO7/c20-8-4-9(21)14(24)12-7(8)2-5-1-6-3-10(23)13(18(22)28)17(27)19(6,29)16(26)11(5)15(12)25/h4-6,24-25,27,29H,1-3H2,(H2,22,28)/t5-,6+,19+/m1/s1. The third-order valence-electron chi connectivity index (χ3n) is 5.96. The van der Waals surface area contributed by atoms with E-state index in [1.165, 1.54) is 0 Å². The molecule has 0 heterocycles. The van der Waals surface area contributed by atoms with Crippen LogP contribution in [0.4, 0.5) is 8.78 Å². The molecule has 152 valence electrons. The second-order valence-electron chi connectivity index (χ2n) is 7.45. The Morgan fingerprint density at radius 1 is 1.14 bits per heavy atom. The highest BCUT2D eigenvalue weighted by molar-refractivity contribution is 6.22. The number of phenolic OH excluding ortho intramolecular Hbond substituents is 1. The summed E-state index contributed by atoms with van der Waals surface area (Å²) in [5.41, 5.74) is 0.162. The number of aromatic hydroxyl groups is 1. The van der Waals surface area contributed by atoms with Gasteiger partial charge in [-0.15, -0.1) is 0 Å². The van der Waals surface area contributed by atoms with Gasteiger partial charge in [-0.25, -0.2) is 8.78 Å². The molecule has 1 fully saturated rings. The first-order valence-corrected chi connectivity index (χ1v) is 8.67. The molecule has 4 rings (SSSR count). The van der Waals surface area contributed by atoms with E-state index >= 15 is 0 Å². The molecule has 1 amide bonds. The molecule has 3 aliphatic carbocycles. The first-order chi connectivity index (χ1) is 13.5. The summed E-state index contributed by atoms with van der Waals surface area (Å²) < 4.78 is 28.0. The molecule has 0 aliphatic heterocycles. The van der Waals surface area contributed by atoms with E-state index < -0.39 is 86.9 Å². The quantitative estimate of drug-likeness (QED) is 0.429. The normalized spacial score (nSPS) is 28.8. The van der Waals surface area contributed by atoms with Crippen LogP contribution < -0.4 is 5.73 Å². The van der Waals surface area contributed by atoms with E-state index in [9.17, 15) is 43.6 Å². The number of nitrogens with two attached hydrogens (primary N) is 1. The highest BCUT2D eigenvalue weighted by atomic mass is 19.1. The van der Waals surface area contributed by atoms with Crippen LogP contribution in [0.5, 0.6) is 5.75 Å². The Morgan fingerprint density at radius 2 is 1.79 bits per heavy atom. The molecule has 6 N–H and O–H groups in total. The maximum absolute atomic E-state index is 14.2. The first-order valence-electron chi connectivity index (χ1n) is 8.67. The molecule has 10 heteroatoms. The maximum atomic E-state index is 14.2. The number of Topliss-reactive ketones (excluding diaryl/α,β-unsaturated/α-hetero) is 2. The Kier molecular flexibility index (Phi) is 3.86. The van der Waals surface area contributed by atoms with E-state index in [0.717, 1.165) is 0 Å². The molecule has 1 aromatic carbocycles. The Hall–Kier alpha value is -3.27. The van der Waals surface area contributed by atoms with Gasteiger partial charge < -0.3 is 26.2 Å².